The first-order chi connectivity index (χ1) is 4.36. The molecule has 3 rings (SSSR count). The van der Waals surface area contributed by atoms with Gasteiger partial charge in [-0.15, -0.1) is 0 Å². The zero-order chi connectivity index (χ0) is 6.27. The molecule has 0 aromatic carbocycles. The Hall–Kier alpha value is -0.530. The van der Waals surface area contributed by atoms with E-state index >= 15 is 0 Å². The summed E-state index contributed by atoms with van der Waals surface area (Å²) in [6.07, 6.45) is 4.64. The highest BCUT2D eigenvalue weighted by Gasteiger charge is 2.35. The van der Waals surface area contributed by atoms with Gasteiger partial charge >= 0.3 is 5.97 Å². The minimum absolute atomic E-state index is 0.0532. The quantitative estimate of drug-likeness (QED) is 0.454. The molecule has 3 fully saturated rings. The molecule has 0 radical (unpaired) electrons. The van der Waals surface area contributed by atoms with Gasteiger partial charge in [-0.3, -0.25) is 4.79 Å². The summed E-state index contributed by atoms with van der Waals surface area (Å²) >= 11 is 0. The van der Waals surface area contributed by atoms with Crippen molar-refractivity contribution in [2.75, 3.05) is 0 Å². The maximum absolute atomic E-state index is 10.8. The van der Waals surface area contributed by atoms with Crippen LogP contribution in [0.25, 0.3) is 0 Å². The highest BCUT2D eigenvalue weighted by Crippen LogP contribution is 2.33. The van der Waals surface area contributed by atoms with Crippen LogP contribution in [0, 0.1) is 5.92 Å². The molecule has 0 unspecified atom stereocenters. The number of ether oxygens (including phenoxy) is 1. The molecule has 2 bridgehead atoms. The summed E-state index contributed by atoms with van der Waals surface area (Å²) in [7, 11) is 0. The molecule has 9 heavy (non-hydrogen) atoms. The Morgan fingerprint density at radius 3 is 2.11 bits per heavy atom. The smallest absolute Gasteiger partial charge is 0.309 e. The van der Waals surface area contributed by atoms with Crippen LogP contribution in [-0.2, 0) is 9.53 Å². The van der Waals surface area contributed by atoms with Crippen LogP contribution in [0.15, 0.2) is 0 Å². The Bertz CT molecular complexity index is 134. The van der Waals surface area contributed by atoms with Gasteiger partial charge in [-0.1, -0.05) is 0 Å². The first-order valence-electron chi connectivity index (χ1n) is 3.57. The first-order valence-corrected chi connectivity index (χ1v) is 3.57. The number of fused-ring (bicyclic) bond motifs is 3. The number of carbonyl (C=O) groups is 1. The van der Waals surface area contributed by atoms with Gasteiger partial charge in [0.15, 0.2) is 0 Å². The lowest BCUT2D eigenvalue weighted by atomic mass is 9.84. The van der Waals surface area contributed by atoms with Gasteiger partial charge in [0.25, 0.3) is 0 Å². The van der Waals surface area contributed by atoms with Crippen molar-refractivity contribution in [3.63, 3.8) is 0 Å². The Morgan fingerprint density at radius 1 is 1.22 bits per heavy atom. The highest BCUT2D eigenvalue weighted by atomic mass is 16.5. The van der Waals surface area contributed by atoms with Crippen molar-refractivity contribution in [2.24, 2.45) is 5.92 Å². The molecule has 2 saturated heterocycles. The number of carbonyl (C=O) groups excluding carboxylic acids is 1. The van der Waals surface area contributed by atoms with Crippen LogP contribution in [0.5, 0.6) is 0 Å². The minimum Gasteiger partial charge on any atom is -0.462 e. The maximum Gasteiger partial charge on any atom is 0.309 e. The molecule has 0 aromatic rings. The second-order valence-electron chi connectivity index (χ2n) is 2.91. The summed E-state index contributed by atoms with van der Waals surface area (Å²) in [4.78, 5) is 10.8. The number of hydrogen-bond donors (Lipinski definition) is 0. The molecular weight excluding hydrogens is 116 g/mol. The molecule has 50 valence electrons. The summed E-state index contributed by atoms with van der Waals surface area (Å²) in [5.74, 6) is 0.313. The molecule has 1 saturated carbocycles. The third kappa shape index (κ3) is 0.732. The Balaban J connectivity index is 2.15. The fourth-order valence-corrected chi connectivity index (χ4v) is 1.68. The van der Waals surface area contributed by atoms with Crippen molar-refractivity contribution in [1.82, 2.24) is 0 Å². The topological polar surface area (TPSA) is 26.3 Å². The van der Waals surface area contributed by atoms with E-state index in [1.807, 2.05) is 0 Å². The Kier molecular flexibility index (Phi) is 1.01. The summed E-state index contributed by atoms with van der Waals surface area (Å²) in [5, 5.41) is 0. The molecule has 1 aliphatic carbocycles. The zero-order valence-electron chi connectivity index (χ0n) is 5.30. The monoisotopic (exact) mass is 126 g/mol. The van der Waals surface area contributed by atoms with Gasteiger partial charge in [-0.05, 0) is 25.7 Å². The fraction of sp³-hybridized carbons (Fsp3) is 0.857. The second kappa shape index (κ2) is 1.72. The largest absolute Gasteiger partial charge is 0.462 e. The minimum atomic E-state index is 0.0532. The summed E-state index contributed by atoms with van der Waals surface area (Å²) in [6, 6.07) is 0. The van der Waals surface area contributed by atoms with Crippen LogP contribution in [0.4, 0.5) is 0 Å². The van der Waals surface area contributed by atoms with Gasteiger partial charge < -0.3 is 4.74 Å². The van der Waals surface area contributed by atoms with Gasteiger partial charge in [-0.2, -0.15) is 0 Å². The van der Waals surface area contributed by atoms with Crippen LogP contribution >= 0.6 is 0 Å². The Labute approximate surface area is 54.2 Å². The molecule has 0 N–H and O–H groups in total. The van der Waals surface area contributed by atoms with E-state index in [4.69, 9.17) is 4.74 Å². The van der Waals surface area contributed by atoms with Gasteiger partial charge in [-0.25, -0.2) is 0 Å². The number of hydrogen-bond acceptors (Lipinski definition) is 2. The molecule has 0 amide bonds. The third-order valence-corrected chi connectivity index (χ3v) is 2.29. The van der Waals surface area contributed by atoms with Crippen LogP contribution in [-0.4, -0.2) is 12.1 Å². The van der Waals surface area contributed by atoms with Gasteiger partial charge in [0, 0.05) is 0 Å². The molecule has 2 heteroatoms. The van der Waals surface area contributed by atoms with E-state index in [9.17, 15) is 4.79 Å². The van der Waals surface area contributed by atoms with Crippen molar-refractivity contribution in [3.8, 4) is 0 Å². The fourth-order valence-electron chi connectivity index (χ4n) is 1.68. The summed E-state index contributed by atoms with van der Waals surface area (Å²) in [5.41, 5.74) is 0. The van der Waals surface area contributed by atoms with Crippen molar-refractivity contribution in [3.05, 3.63) is 0 Å². The molecule has 2 nitrogen and oxygen atoms in total. The SMILES string of the molecule is O=C1OC2CCC1CC2. The lowest BCUT2D eigenvalue weighted by Crippen LogP contribution is -2.37. The Morgan fingerprint density at radius 2 is 1.89 bits per heavy atom. The molecule has 2 aliphatic heterocycles. The van der Waals surface area contributed by atoms with E-state index in [0.29, 0.717) is 0 Å². The van der Waals surface area contributed by atoms with E-state index in [0.717, 1.165) is 25.7 Å². The van der Waals surface area contributed by atoms with E-state index in [1.165, 1.54) is 0 Å². The third-order valence-electron chi connectivity index (χ3n) is 2.29. The van der Waals surface area contributed by atoms with Gasteiger partial charge in [0.1, 0.15) is 6.10 Å². The average Bonchev–Trinajstić information content (AvgIpc) is 1.90. The lowest BCUT2D eigenvalue weighted by molar-refractivity contribution is -0.168. The molecular formula is C7H10O2. The predicted octanol–water partition coefficient (Wildman–Crippen LogP) is 1.10. The molecule has 0 spiro atoms. The van der Waals surface area contributed by atoms with Crippen LogP contribution < -0.4 is 0 Å². The van der Waals surface area contributed by atoms with Crippen LogP contribution in [0.2, 0.25) is 0 Å². The van der Waals surface area contributed by atoms with E-state index < -0.39 is 0 Å². The summed E-state index contributed by atoms with van der Waals surface area (Å²) in [6.45, 7) is 0. The van der Waals surface area contributed by atoms with Gasteiger partial charge in [0.2, 0.25) is 0 Å². The van der Waals surface area contributed by atoms with E-state index in [2.05, 4.69) is 0 Å². The second-order valence-corrected chi connectivity index (χ2v) is 2.91. The maximum atomic E-state index is 10.8. The number of esters is 1. The van der Waals surface area contributed by atoms with Crippen molar-refractivity contribution in [2.45, 2.75) is 31.8 Å². The summed E-state index contributed by atoms with van der Waals surface area (Å²) < 4.78 is 5.05. The molecule has 2 heterocycles. The standard InChI is InChI=1S/C7H10O2/c8-7-5-1-3-6(9-7)4-2-5/h5-6H,1-4H2. The molecule has 3 aliphatic rings. The van der Waals surface area contributed by atoms with Crippen LogP contribution in [0.3, 0.4) is 0 Å². The van der Waals surface area contributed by atoms with E-state index in [1.54, 1.807) is 0 Å². The average molecular weight is 126 g/mol. The highest BCUT2D eigenvalue weighted by molar-refractivity contribution is 5.74. The number of rotatable bonds is 0. The first kappa shape index (κ1) is 5.27. The molecule has 0 atom stereocenters. The van der Waals surface area contributed by atoms with Crippen molar-refractivity contribution >= 4 is 5.97 Å². The predicted molar refractivity (Wildman–Crippen MR) is 31.8 cm³/mol. The van der Waals surface area contributed by atoms with E-state index in [-0.39, 0.29) is 18.0 Å². The zero-order valence-corrected chi connectivity index (χ0v) is 5.30. The van der Waals surface area contributed by atoms with Crippen molar-refractivity contribution < 1.29 is 9.53 Å². The van der Waals surface area contributed by atoms with Gasteiger partial charge in [0.05, 0.1) is 5.92 Å². The lowest BCUT2D eigenvalue weighted by Gasteiger charge is -2.34. The molecule has 0 aromatic heterocycles. The van der Waals surface area contributed by atoms with Crippen LogP contribution in [0.1, 0.15) is 25.7 Å². The normalized spacial score (nSPS) is 40.7. The van der Waals surface area contributed by atoms with Crippen molar-refractivity contribution in [1.29, 1.82) is 0 Å².